The van der Waals surface area contributed by atoms with Crippen LogP contribution in [0.4, 0.5) is 0 Å². The highest BCUT2D eigenvalue weighted by Crippen LogP contribution is 2.31. The number of methoxy groups -OCH3 is 2. The third kappa shape index (κ3) is 3.38. The summed E-state index contributed by atoms with van der Waals surface area (Å²) in [5.74, 6) is 1.52. The summed E-state index contributed by atoms with van der Waals surface area (Å²) in [6.45, 7) is 0.490. The molecule has 1 saturated carbocycles. The molecule has 0 heterocycles. The highest BCUT2D eigenvalue weighted by Gasteiger charge is 2.28. The van der Waals surface area contributed by atoms with Crippen LogP contribution in [0.5, 0.6) is 11.5 Å². The molecule has 1 aromatic carbocycles. The topological polar surface area (TPSA) is 73.6 Å². The van der Waals surface area contributed by atoms with Crippen LogP contribution >= 0.6 is 0 Å². The number of rotatable bonds is 6. The Hall–Kier alpha value is -1.75. The summed E-state index contributed by atoms with van der Waals surface area (Å²) in [4.78, 5) is 12.1. The lowest BCUT2D eigenvalue weighted by Crippen LogP contribution is -2.38. The molecule has 1 fully saturated rings. The Morgan fingerprint density at radius 3 is 2.74 bits per heavy atom. The van der Waals surface area contributed by atoms with Crippen LogP contribution in [-0.2, 0) is 0 Å². The molecule has 19 heavy (non-hydrogen) atoms. The molecule has 1 aliphatic rings. The van der Waals surface area contributed by atoms with Crippen molar-refractivity contribution >= 4 is 5.91 Å². The lowest BCUT2D eigenvalue weighted by molar-refractivity contribution is 0.0947. The highest BCUT2D eigenvalue weighted by atomic mass is 16.5. The highest BCUT2D eigenvalue weighted by molar-refractivity contribution is 5.97. The Kier molecular flexibility index (Phi) is 4.27. The van der Waals surface area contributed by atoms with Gasteiger partial charge in [0.05, 0.1) is 19.8 Å². The Balaban J connectivity index is 2.03. The second-order valence-corrected chi connectivity index (χ2v) is 4.78. The van der Waals surface area contributed by atoms with Gasteiger partial charge in [-0.1, -0.05) is 0 Å². The maximum atomic E-state index is 12.1. The summed E-state index contributed by atoms with van der Waals surface area (Å²) in [6.07, 6.45) is 2.33. The van der Waals surface area contributed by atoms with Gasteiger partial charge in [0.25, 0.3) is 5.91 Å². The van der Waals surface area contributed by atoms with Gasteiger partial charge < -0.3 is 20.5 Å². The molecule has 1 amide bonds. The van der Waals surface area contributed by atoms with E-state index in [4.69, 9.17) is 15.2 Å². The first kappa shape index (κ1) is 13.7. The van der Waals surface area contributed by atoms with Crippen LogP contribution in [0.25, 0.3) is 0 Å². The van der Waals surface area contributed by atoms with E-state index in [0.717, 1.165) is 0 Å². The number of carbonyl (C=O) groups excluding carboxylic acids is 1. The van der Waals surface area contributed by atoms with Gasteiger partial charge in [-0.2, -0.15) is 0 Å². The van der Waals surface area contributed by atoms with Crippen molar-refractivity contribution in [3.05, 3.63) is 23.8 Å². The average Bonchev–Trinajstić information content (AvgIpc) is 3.28. The Bertz CT molecular complexity index is 458. The number of hydrogen-bond donors (Lipinski definition) is 2. The van der Waals surface area contributed by atoms with Crippen LogP contribution in [-0.4, -0.2) is 32.7 Å². The van der Waals surface area contributed by atoms with Crippen LogP contribution in [0.3, 0.4) is 0 Å². The molecule has 0 bridgehead atoms. The number of hydrogen-bond acceptors (Lipinski definition) is 4. The quantitative estimate of drug-likeness (QED) is 0.809. The molecule has 0 aliphatic heterocycles. The van der Waals surface area contributed by atoms with E-state index in [2.05, 4.69) is 5.32 Å². The van der Waals surface area contributed by atoms with Crippen molar-refractivity contribution in [2.45, 2.75) is 18.9 Å². The molecule has 3 N–H and O–H groups in total. The van der Waals surface area contributed by atoms with Crippen molar-refractivity contribution in [3.63, 3.8) is 0 Å². The van der Waals surface area contributed by atoms with Crippen LogP contribution < -0.4 is 20.5 Å². The number of amides is 1. The molecule has 2 rings (SSSR count). The zero-order valence-corrected chi connectivity index (χ0v) is 11.3. The Morgan fingerprint density at radius 2 is 2.16 bits per heavy atom. The number of nitrogens with two attached hydrogens (primary N) is 1. The second-order valence-electron chi connectivity index (χ2n) is 4.78. The van der Waals surface area contributed by atoms with E-state index in [-0.39, 0.29) is 11.9 Å². The molecule has 0 saturated heterocycles. The van der Waals surface area contributed by atoms with E-state index in [9.17, 15) is 4.79 Å². The standard InChI is InChI=1S/C14H20N2O3/c1-18-10-5-6-13(19-2)11(7-10)14(17)16-8-12(15)9-3-4-9/h5-7,9,12H,3-4,8,15H2,1-2H3,(H,16,17). The molecule has 0 radical (unpaired) electrons. The van der Waals surface area contributed by atoms with Crippen molar-refractivity contribution in [3.8, 4) is 11.5 Å². The Morgan fingerprint density at radius 1 is 1.42 bits per heavy atom. The lowest BCUT2D eigenvalue weighted by Gasteiger charge is -2.14. The van der Waals surface area contributed by atoms with Gasteiger partial charge in [-0.15, -0.1) is 0 Å². The van der Waals surface area contributed by atoms with E-state index in [1.165, 1.54) is 20.0 Å². The number of carbonyl (C=O) groups is 1. The molecular formula is C14H20N2O3. The zero-order valence-electron chi connectivity index (χ0n) is 11.3. The molecule has 1 unspecified atom stereocenters. The van der Waals surface area contributed by atoms with Gasteiger partial charge in [0.15, 0.2) is 0 Å². The first-order valence-corrected chi connectivity index (χ1v) is 6.41. The molecule has 1 aliphatic carbocycles. The minimum atomic E-state index is -0.188. The minimum Gasteiger partial charge on any atom is -0.497 e. The fourth-order valence-electron chi connectivity index (χ4n) is 1.99. The predicted octanol–water partition coefficient (Wildman–Crippen LogP) is 1.17. The number of nitrogens with one attached hydrogen (secondary N) is 1. The van der Waals surface area contributed by atoms with E-state index >= 15 is 0 Å². The molecule has 5 nitrogen and oxygen atoms in total. The third-order valence-electron chi connectivity index (χ3n) is 3.38. The summed E-state index contributed by atoms with van der Waals surface area (Å²) < 4.78 is 10.3. The van der Waals surface area contributed by atoms with Gasteiger partial charge >= 0.3 is 0 Å². The molecule has 104 valence electrons. The third-order valence-corrected chi connectivity index (χ3v) is 3.38. The summed E-state index contributed by atoms with van der Waals surface area (Å²) in [7, 11) is 3.10. The molecule has 0 spiro atoms. The summed E-state index contributed by atoms with van der Waals surface area (Å²) in [5, 5.41) is 2.85. The largest absolute Gasteiger partial charge is 0.497 e. The molecule has 1 atom stereocenters. The summed E-state index contributed by atoms with van der Waals surface area (Å²) in [5.41, 5.74) is 6.42. The number of benzene rings is 1. The van der Waals surface area contributed by atoms with Crippen molar-refractivity contribution in [2.75, 3.05) is 20.8 Å². The zero-order chi connectivity index (χ0) is 13.8. The molecular weight excluding hydrogens is 244 g/mol. The van der Waals surface area contributed by atoms with Gasteiger partial charge in [-0.25, -0.2) is 0 Å². The molecule has 0 aromatic heterocycles. The van der Waals surface area contributed by atoms with Crippen molar-refractivity contribution in [1.82, 2.24) is 5.32 Å². The van der Waals surface area contributed by atoms with E-state index in [1.807, 2.05) is 0 Å². The van der Waals surface area contributed by atoms with E-state index < -0.39 is 0 Å². The Labute approximate surface area is 113 Å². The molecule has 5 heteroatoms. The van der Waals surface area contributed by atoms with Gasteiger partial charge in [-0.05, 0) is 37.0 Å². The average molecular weight is 264 g/mol. The lowest BCUT2D eigenvalue weighted by atomic mass is 10.1. The van der Waals surface area contributed by atoms with Crippen LogP contribution in [0.1, 0.15) is 23.2 Å². The molecule has 1 aromatic rings. The normalized spacial score (nSPS) is 15.7. The second kappa shape index (κ2) is 5.93. The summed E-state index contributed by atoms with van der Waals surface area (Å²) in [6, 6.07) is 5.18. The van der Waals surface area contributed by atoms with E-state index in [0.29, 0.717) is 29.5 Å². The van der Waals surface area contributed by atoms with Gasteiger partial charge in [-0.3, -0.25) is 4.79 Å². The predicted molar refractivity (Wildman–Crippen MR) is 72.6 cm³/mol. The van der Waals surface area contributed by atoms with Gasteiger partial charge in [0, 0.05) is 12.6 Å². The van der Waals surface area contributed by atoms with Crippen molar-refractivity contribution in [1.29, 1.82) is 0 Å². The van der Waals surface area contributed by atoms with Crippen molar-refractivity contribution in [2.24, 2.45) is 11.7 Å². The fraction of sp³-hybridized carbons (Fsp3) is 0.500. The minimum absolute atomic E-state index is 0.0422. The summed E-state index contributed by atoms with van der Waals surface area (Å²) >= 11 is 0. The van der Waals surface area contributed by atoms with E-state index in [1.54, 1.807) is 25.3 Å². The van der Waals surface area contributed by atoms with Gasteiger partial charge in [0.2, 0.25) is 0 Å². The smallest absolute Gasteiger partial charge is 0.255 e. The fourth-order valence-corrected chi connectivity index (χ4v) is 1.99. The van der Waals surface area contributed by atoms with Crippen LogP contribution in [0.2, 0.25) is 0 Å². The van der Waals surface area contributed by atoms with Crippen LogP contribution in [0.15, 0.2) is 18.2 Å². The van der Waals surface area contributed by atoms with Crippen molar-refractivity contribution < 1.29 is 14.3 Å². The first-order chi connectivity index (χ1) is 9.15. The van der Waals surface area contributed by atoms with Gasteiger partial charge in [0.1, 0.15) is 11.5 Å². The SMILES string of the molecule is COc1ccc(OC)c(C(=O)NCC(N)C2CC2)c1. The number of ether oxygens (including phenoxy) is 2. The maximum absolute atomic E-state index is 12.1. The maximum Gasteiger partial charge on any atom is 0.255 e. The van der Waals surface area contributed by atoms with Crippen LogP contribution in [0, 0.1) is 5.92 Å². The first-order valence-electron chi connectivity index (χ1n) is 6.41. The monoisotopic (exact) mass is 264 g/mol.